The molecule has 0 spiro atoms. The molecule has 15 heavy (non-hydrogen) atoms. The maximum absolute atomic E-state index is 4.25. The van der Waals surface area contributed by atoms with Crippen LogP contribution in [0.3, 0.4) is 0 Å². The Labute approximate surface area is 92.9 Å². The molecule has 0 unspecified atom stereocenters. The molecule has 3 heteroatoms. The normalized spacial score (nSPS) is 13.6. The molecule has 0 aliphatic heterocycles. The molecule has 1 heterocycles. The number of hydrogen-bond acceptors (Lipinski definition) is 2. The topological polar surface area (TPSA) is 30.7 Å². The molecule has 1 aromatic rings. The molecule has 0 aliphatic carbocycles. The second-order valence-electron chi connectivity index (χ2n) is 5.78. The molecule has 0 N–H and O–H groups in total. The summed E-state index contributed by atoms with van der Waals surface area (Å²) >= 11 is 0. The van der Waals surface area contributed by atoms with Gasteiger partial charge in [0.25, 0.3) is 0 Å². The van der Waals surface area contributed by atoms with Gasteiger partial charge in [-0.3, -0.25) is 4.68 Å². The van der Waals surface area contributed by atoms with Crippen molar-refractivity contribution in [2.24, 2.45) is 18.4 Å². The smallest absolute Gasteiger partial charge is 0.0888 e. The van der Waals surface area contributed by atoms with Gasteiger partial charge in [-0.25, -0.2) is 0 Å². The van der Waals surface area contributed by atoms with Gasteiger partial charge in [-0.1, -0.05) is 46.8 Å². The van der Waals surface area contributed by atoms with E-state index in [-0.39, 0.29) is 10.8 Å². The molecule has 86 valence electrons. The van der Waals surface area contributed by atoms with Crippen LogP contribution in [0.4, 0.5) is 0 Å². The highest BCUT2D eigenvalue weighted by Crippen LogP contribution is 2.45. The fourth-order valence-electron chi connectivity index (χ4n) is 1.69. The average Bonchev–Trinajstić information content (AvgIpc) is 2.51. The van der Waals surface area contributed by atoms with Crippen molar-refractivity contribution in [3.8, 4) is 0 Å². The summed E-state index contributed by atoms with van der Waals surface area (Å²) in [7, 11) is 1.91. The summed E-state index contributed by atoms with van der Waals surface area (Å²) in [5.41, 5.74) is 1.31. The van der Waals surface area contributed by atoms with E-state index in [9.17, 15) is 0 Å². The number of aromatic nitrogens is 3. The molecule has 0 amide bonds. The standard InChI is InChI=1S/C12H23N3/c1-9(2)11(3,4)12(5,6)10-8-15(7)14-13-10/h8-9H,1-7H3. The van der Waals surface area contributed by atoms with Crippen LogP contribution in [-0.2, 0) is 12.5 Å². The fourth-order valence-corrected chi connectivity index (χ4v) is 1.69. The Bertz CT molecular complexity index is 334. The molecule has 0 saturated carbocycles. The molecule has 0 aliphatic rings. The number of aryl methyl sites for hydroxylation is 1. The van der Waals surface area contributed by atoms with Crippen molar-refractivity contribution in [3.63, 3.8) is 0 Å². The molecule has 0 atom stereocenters. The van der Waals surface area contributed by atoms with Crippen LogP contribution in [0, 0.1) is 11.3 Å². The predicted octanol–water partition coefficient (Wildman–Crippen LogP) is 2.77. The molecule has 0 aromatic carbocycles. The molecule has 1 aromatic heterocycles. The van der Waals surface area contributed by atoms with E-state index in [2.05, 4.69) is 51.9 Å². The number of hydrogen-bond donors (Lipinski definition) is 0. The van der Waals surface area contributed by atoms with Gasteiger partial charge in [-0.2, -0.15) is 0 Å². The van der Waals surface area contributed by atoms with Gasteiger partial charge in [0.15, 0.2) is 0 Å². The van der Waals surface area contributed by atoms with Gasteiger partial charge < -0.3 is 0 Å². The molecule has 1 rings (SSSR count). The molecule has 0 bridgehead atoms. The zero-order chi connectivity index (χ0) is 11.9. The summed E-state index contributed by atoms with van der Waals surface area (Å²) in [6.07, 6.45) is 2.02. The second-order valence-corrected chi connectivity index (χ2v) is 5.78. The first-order valence-electron chi connectivity index (χ1n) is 5.56. The van der Waals surface area contributed by atoms with E-state index >= 15 is 0 Å². The molecule has 0 radical (unpaired) electrons. The van der Waals surface area contributed by atoms with Crippen LogP contribution in [-0.4, -0.2) is 15.0 Å². The van der Waals surface area contributed by atoms with E-state index in [0.29, 0.717) is 5.92 Å². The first-order chi connectivity index (χ1) is 6.69. The minimum absolute atomic E-state index is 0.0371. The van der Waals surface area contributed by atoms with E-state index in [1.807, 2.05) is 13.2 Å². The summed E-state index contributed by atoms with van der Waals surface area (Å²) in [6.45, 7) is 13.6. The third-order valence-corrected chi connectivity index (χ3v) is 4.30. The second kappa shape index (κ2) is 3.62. The first kappa shape index (κ1) is 12.2. The summed E-state index contributed by atoms with van der Waals surface area (Å²) in [4.78, 5) is 0. The van der Waals surface area contributed by atoms with Crippen LogP contribution >= 0.6 is 0 Å². The Balaban J connectivity index is 3.12. The van der Waals surface area contributed by atoms with Crippen LogP contribution < -0.4 is 0 Å². The minimum atomic E-state index is 0.0371. The van der Waals surface area contributed by atoms with E-state index in [1.165, 1.54) is 0 Å². The molecule has 3 nitrogen and oxygen atoms in total. The van der Waals surface area contributed by atoms with E-state index < -0.39 is 0 Å². The lowest BCUT2D eigenvalue weighted by Gasteiger charge is -2.43. The predicted molar refractivity (Wildman–Crippen MR) is 62.6 cm³/mol. The summed E-state index contributed by atoms with van der Waals surface area (Å²) < 4.78 is 1.77. The van der Waals surface area contributed by atoms with Crippen LogP contribution in [0.15, 0.2) is 6.20 Å². The summed E-state index contributed by atoms with van der Waals surface area (Å²) in [5.74, 6) is 0.606. The fraction of sp³-hybridized carbons (Fsp3) is 0.833. The minimum Gasteiger partial charge on any atom is -0.255 e. The molecule has 0 fully saturated rings. The highest BCUT2D eigenvalue weighted by Gasteiger charge is 2.42. The van der Waals surface area contributed by atoms with Gasteiger partial charge in [0.2, 0.25) is 0 Å². The van der Waals surface area contributed by atoms with Crippen molar-refractivity contribution in [1.29, 1.82) is 0 Å². The zero-order valence-corrected chi connectivity index (χ0v) is 11.0. The highest BCUT2D eigenvalue weighted by atomic mass is 15.4. The number of nitrogens with zero attached hydrogens (tertiary/aromatic N) is 3. The molecular weight excluding hydrogens is 186 g/mol. The summed E-state index contributed by atoms with van der Waals surface area (Å²) in [5, 5.41) is 8.27. The lowest BCUT2D eigenvalue weighted by atomic mass is 9.61. The van der Waals surface area contributed by atoms with Gasteiger partial charge in [0, 0.05) is 18.7 Å². The highest BCUT2D eigenvalue weighted by molar-refractivity contribution is 5.14. The van der Waals surface area contributed by atoms with Crippen LogP contribution in [0.2, 0.25) is 0 Å². The Morgan fingerprint density at radius 1 is 1.20 bits per heavy atom. The van der Waals surface area contributed by atoms with Crippen molar-refractivity contribution >= 4 is 0 Å². The van der Waals surface area contributed by atoms with Gasteiger partial charge >= 0.3 is 0 Å². The van der Waals surface area contributed by atoms with Crippen LogP contribution in [0.1, 0.15) is 47.2 Å². The van der Waals surface area contributed by atoms with Gasteiger partial charge in [-0.15, -0.1) is 5.10 Å². The Kier molecular flexibility index (Phi) is 2.94. The Morgan fingerprint density at radius 2 is 1.73 bits per heavy atom. The third-order valence-electron chi connectivity index (χ3n) is 4.30. The average molecular weight is 209 g/mol. The van der Waals surface area contributed by atoms with E-state index in [4.69, 9.17) is 0 Å². The van der Waals surface area contributed by atoms with E-state index in [0.717, 1.165) is 5.69 Å². The lowest BCUT2D eigenvalue weighted by molar-refractivity contribution is 0.122. The van der Waals surface area contributed by atoms with Gasteiger partial charge in [-0.05, 0) is 11.3 Å². The largest absolute Gasteiger partial charge is 0.255 e. The maximum Gasteiger partial charge on any atom is 0.0888 e. The summed E-state index contributed by atoms with van der Waals surface area (Å²) in [6, 6.07) is 0. The van der Waals surface area contributed by atoms with Crippen molar-refractivity contribution in [1.82, 2.24) is 15.0 Å². The zero-order valence-electron chi connectivity index (χ0n) is 11.0. The van der Waals surface area contributed by atoms with E-state index in [1.54, 1.807) is 4.68 Å². The number of rotatable bonds is 3. The van der Waals surface area contributed by atoms with Crippen molar-refractivity contribution in [3.05, 3.63) is 11.9 Å². The maximum atomic E-state index is 4.25. The quantitative estimate of drug-likeness (QED) is 0.766. The Hall–Kier alpha value is -0.860. The lowest BCUT2D eigenvalue weighted by Crippen LogP contribution is -2.40. The van der Waals surface area contributed by atoms with Crippen LogP contribution in [0.25, 0.3) is 0 Å². The monoisotopic (exact) mass is 209 g/mol. The van der Waals surface area contributed by atoms with Crippen molar-refractivity contribution < 1.29 is 0 Å². The third kappa shape index (κ3) is 1.92. The Morgan fingerprint density at radius 3 is 2.07 bits per heavy atom. The van der Waals surface area contributed by atoms with Crippen molar-refractivity contribution in [2.45, 2.75) is 47.0 Å². The molecular formula is C12H23N3. The first-order valence-corrected chi connectivity index (χ1v) is 5.56. The van der Waals surface area contributed by atoms with Crippen molar-refractivity contribution in [2.75, 3.05) is 0 Å². The van der Waals surface area contributed by atoms with Crippen LogP contribution in [0.5, 0.6) is 0 Å². The molecule has 0 saturated heterocycles. The van der Waals surface area contributed by atoms with Gasteiger partial charge in [0.1, 0.15) is 0 Å². The van der Waals surface area contributed by atoms with Gasteiger partial charge in [0.05, 0.1) is 5.69 Å². The SMILES string of the molecule is CC(C)C(C)(C)C(C)(C)c1cn(C)nn1.